The van der Waals surface area contributed by atoms with Gasteiger partial charge in [0.25, 0.3) is 0 Å². The lowest BCUT2D eigenvalue weighted by atomic mass is 9.82. The Balaban J connectivity index is 1.53. The summed E-state index contributed by atoms with van der Waals surface area (Å²) in [7, 11) is 1.29. The highest BCUT2D eigenvalue weighted by molar-refractivity contribution is 8.00. The van der Waals surface area contributed by atoms with E-state index in [1.807, 2.05) is 0 Å². The van der Waals surface area contributed by atoms with Gasteiger partial charge in [-0.05, 0) is 38.8 Å². The molecule has 0 bridgehead atoms. The van der Waals surface area contributed by atoms with Crippen LogP contribution in [0.4, 0.5) is 26.3 Å². The number of ether oxygens (including phenoxy) is 2. The van der Waals surface area contributed by atoms with Crippen molar-refractivity contribution in [3.63, 3.8) is 0 Å². The number of hydrogen-bond acceptors (Lipinski definition) is 9. The van der Waals surface area contributed by atoms with Gasteiger partial charge in [0.1, 0.15) is 41.2 Å². The molecule has 0 unspecified atom stereocenters. The molecule has 1 aromatic heterocycles. The number of benzene rings is 1. The van der Waals surface area contributed by atoms with Crippen molar-refractivity contribution in [3.05, 3.63) is 35.8 Å². The third kappa shape index (κ3) is 8.48. The number of aliphatic hydroxyl groups is 3. The lowest BCUT2D eigenvalue weighted by Gasteiger charge is -2.43. The maximum Gasteiger partial charge on any atom is 0.248 e. The molecule has 2 fully saturated rings. The second kappa shape index (κ2) is 13.7. The summed E-state index contributed by atoms with van der Waals surface area (Å²) in [5.41, 5.74) is -4.73. The Kier molecular flexibility index (Phi) is 10.8. The quantitative estimate of drug-likeness (QED) is 0.244. The molecule has 1 aromatic carbocycles. The number of halogens is 6. The van der Waals surface area contributed by atoms with E-state index >= 15 is 0 Å². The van der Waals surface area contributed by atoms with E-state index in [-0.39, 0.29) is 36.4 Å². The number of aliphatic hydroxyl groups excluding tert-OH is 2. The number of nitrogens with zero attached hydrogens (tertiary/aromatic N) is 4. The molecule has 1 aliphatic heterocycles. The third-order valence-corrected chi connectivity index (χ3v) is 9.00. The maximum absolute atomic E-state index is 14.7. The van der Waals surface area contributed by atoms with Crippen LogP contribution in [-0.4, -0.2) is 115 Å². The van der Waals surface area contributed by atoms with Crippen LogP contribution >= 0.6 is 11.8 Å². The fourth-order valence-corrected chi connectivity index (χ4v) is 6.70. The van der Waals surface area contributed by atoms with Crippen LogP contribution in [0.3, 0.4) is 0 Å². The van der Waals surface area contributed by atoms with E-state index in [4.69, 9.17) is 9.47 Å². The van der Waals surface area contributed by atoms with Gasteiger partial charge in [0.15, 0.2) is 17.5 Å². The number of thioether (sulfide) groups is 1. The fourth-order valence-electron chi connectivity index (χ4n) is 5.53. The molecule has 0 spiro atoms. The van der Waals surface area contributed by atoms with Gasteiger partial charge < -0.3 is 29.7 Å². The largest absolute Gasteiger partial charge is 0.394 e. The van der Waals surface area contributed by atoms with Crippen LogP contribution in [0, 0.1) is 17.5 Å². The van der Waals surface area contributed by atoms with Gasteiger partial charge in [-0.15, -0.1) is 16.9 Å². The van der Waals surface area contributed by atoms with E-state index in [1.165, 1.54) is 27.2 Å². The van der Waals surface area contributed by atoms with E-state index in [2.05, 4.69) is 10.3 Å². The van der Waals surface area contributed by atoms with Crippen molar-refractivity contribution < 1.29 is 55.9 Å². The number of carbonyl (C=O) groups is 1. The van der Waals surface area contributed by atoms with E-state index in [1.54, 1.807) is 0 Å². The van der Waals surface area contributed by atoms with Crippen LogP contribution < -0.4 is 0 Å². The lowest BCUT2D eigenvalue weighted by molar-refractivity contribution is -0.186. The molecule has 0 radical (unpaired) electrons. The molecule has 4 rings (SSSR count). The van der Waals surface area contributed by atoms with Crippen LogP contribution in [-0.2, 0) is 14.3 Å². The minimum atomic E-state index is -2.93. The van der Waals surface area contributed by atoms with Crippen LogP contribution in [0.1, 0.15) is 45.6 Å². The summed E-state index contributed by atoms with van der Waals surface area (Å²) in [5, 5.41) is 39.7. The van der Waals surface area contributed by atoms with Crippen molar-refractivity contribution in [1.29, 1.82) is 0 Å². The van der Waals surface area contributed by atoms with Gasteiger partial charge in [0.2, 0.25) is 11.8 Å². The second-order valence-electron chi connectivity index (χ2n) is 12.1. The molecule has 3 N–H and O–H groups in total. The molecule has 2 aromatic rings. The zero-order valence-corrected chi connectivity index (χ0v) is 25.6. The molecule has 252 valence electrons. The van der Waals surface area contributed by atoms with Gasteiger partial charge in [-0.1, -0.05) is 5.21 Å². The number of aromatic nitrogens is 3. The van der Waals surface area contributed by atoms with Gasteiger partial charge in [0.05, 0.1) is 30.7 Å². The minimum absolute atomic E-state index is 0.0656. The van der Waals surface area contributed by atoms with Crippen molar-refractivity contribution in [2.24, 2.45) is 0 Å². The molecular weight excluding hydrogens is 634 g/mol. The first-order valence-corrected chi connectivity index (χ1v) is 15.2. The minimum Gasteiger partial charge on any atom is -0.394 e. The molecule has 2 aliphatic rings. The molecule has 45 heavy (non-hydrogen) atoms. The zero-order valence-electron chi connectivity index (χ0n) is 24.8. The Hall–Kier alpha value is -2.44. The molecule has 1 aliphatic carbocycles. The van der Waals surface area contributed by atoms with E-state index in [0.717, 1.165) is 33.5 Å². The Morgan fingerprint density at radius 3 is 2.38 bits per heavy atom. The Morgan fingerprint density at radius 1 is 1.20 bits per heavy atom. The average molecular weight is 671 g/mol. The van der Waals surface area contributed by atoms with Gasteiger partial charge in [-0.3, -0.25) is 4.79 Å². The number of carbonyl (C=O) groups excluding carboxylic acids is 1. The summed E-state index contributed by atoms with van der Waals surface area (Å²) in [4.78, 5) is 14.5. The summed E-state index contributed by atoms with van der Waals surface area (Å²) in [6, 6.07) is 0.346. The highest BCUT2D eigenvalue weighted by atomic mass is 32.2. The number of rotatable bonds is 11. The summed E-state index contributed by atoms with van der Waals surface area (Å²) < 4.78 is 95.8. The van der Waals surface area contributed by atoms with Gasteiger partial charge in [0, 0.05) is 32.1 Å². The maximum atomic E-state index is 14.7. The van der Waals surface area contributed by atoms with E-state index < -0.39 is 96.3 Å². The number of methoxy groups -OCH3 is 1. The predicted octanol–water partition coefficient (Wildman–Crippen LogP) is 3.25. The monoisotopic (exact) mass is 670 g/mol. The third-order valence-electron chi connectivity index (χ3n) is 7.88. The van der Waals surface area contributed by atoms with E-state index in [9.17, 15) is 46.5 Å². The summed E-state index contributed by atoms with van der Waals surface area (Å²) in [5.74, 6) is -8.44. The molecule has 17 heteroatoms. The van der Waals surface area contributed by atoms with Crippen LogP contribution in [0.5, 0.6) is 0 Å². The number of amides is 1. The Labute approximate surface area is 259 Å². The van der Waals surface area contributed by atoms with Crippen molar-refractivity contribution in [2.45, 2.75) is 86.5 Å². The number of hydrogen-bond donors (Lipinski definition) is 3. The molecule has 10 nitrogen and oxygen atoms in total. The van der Waals surface area contributed by atoms with Crippen molar-refractivity contribution in [3.8, 4) is 11.3 Å². The van der Waals surface area contributed by atoms with Gasteiger partial charge in [-0.2, -0.15) is 0 Å². The van der Waals surface area contributed by atoms with Crippen LogP contribution in [0.25, 0.3) is 11.3 Å². The first kappa shape index (κ1) is 35.4. The van der Waals surface area contributed by atoms with E-state index in [0.29, 0.717) is 0 Å². The Morgan fingerprint density at radius 2 is 1.82 bits per heavy atom. The van der Waals surface area contributed by atoms with Gasteiger partial charge in [-0.25, -0.2) is 31.0 Å². The highest BCUT2D eigenvalue weighted by Crippen LogP contribution is 2.40. The summed E-state index contributed by atoms with van der Waals surface area (Å²) in [6.07, 6.45) is -4.12. The molecule has 5 atom stereocenters. The smallest absolute Gasteiger partial charge is 0.248 e. The molecule has 1 amide bonds. The summed E-state index contributed by atoms with van der Waals surface area (Å²) >= 11 is 0.894. The number of alkyl halides is 3. The fraction of sp³-hybridized carbons (Fsp3) is 0.679. The Bertz CT molecular complexity index is 1310. The molecule has 1 saturated heterocycles. The van der Waals surface area contributed by atoms with Crippen LogP contribution in [0.2, 0.25) is 0 Å². The molecule has 2 heterocycles. The van der Waals surface area contributed by atoms with Crippen LogP contribution in [0.15, 0.2) is 18.3 Å². The predicted molar refractivity (Wildman–Crippen MR) is 150 cm³/mol. The average Bonchev–Trinajstić information content (AvgIpc) is 3.45. The molecular formula is C28H36F6N4O6S. The SMILES string of the molecule is CO[C@@H]1[C@@H](n2cc(-c3cc(F)c(F)c(F)c3)nn2)[C@@H](O)[C@@H](CO)O[C@H]1SCC(=O)N(CC(C)(C)F)CC1(O)CCC(F)(F)CC1. The van der Waals surface area contributed by atoms with Crippen molar-refractivity contribution in [2.75, 3.05) is 32.6 Å². The first-order chi connectivity index (χ1) is 21.0. The standard InChI is InChI=1S/C28H36F6N4O6S/c1-26(2,32)13-37(14-27(42)4-6-28(33,34)7-5-27)20(40)12-45-25-24(43-3)22(23(41)19(11-39)44-25)38-10-18(35-36-38)15-8-16(29)21(31)17(30)9-15/h8-10,19,22-25,39,41-42H,4-7,11-14H2,1-3H3/t19-,22+,23+,24-,25+/m1/s1. The first-order valence-electron chi connectivity index (χ1n) is 14.2. The normalized spacial score (nSPS) is 26.5. The molecule has 1 saturated carbocycles. The van der Waals surface area contributed by atoms with Crippen molar-refractivity contribution >= 4 is 17.7 Å². The second-order valence-corrected chi connectivity index (χ2v) is 13.2. The topological polar surface area (TPSA) is 130 Å². The lowest BCUT2D eigenvalue weighted by Crippen LogP contribution is -2.56. The van der Waals surface area contributed by atoms with Crippen molar-refractivity contribution in [1.82, 2.24) is 19.9 Å². The zero-order chi connectivity index (χ0) is 33.3. The summed E-state index contributed by atoms with van der Waals surface area (Å²) in [6.45, 7) is 1.04. The van der Waals surface area contributed by atoms with Gasteiger partial charge >= 0.3 is 0 Å². The highest BCUT2D eigenvalue weighted by Gasteiger charge is 2.48.